The van der Waals surface area contributed by atoms with Crippen molar-refractivity contribution in [1.29, 1.82) is 0 Å². The van der Waals surface area contributed by atoms with Crippen molar-refractivity contribution in [3.8, 4) is 0 Å². The predicted molar refractivity (Wildman–Crippen MR) is 80.1 cm³/mol. The second kappa shape index (κ2) is 6.22. The second-order valence-corrected chi connectivity index (χ2v) is 5.88. The van der Waals surface area contributed by atoms with Gasteiger partial charge < -0.3 is 20.1 Å². The Balaban J connectivity index is 1.79. The first-order valence-electron chi connectivity index (χ1n) is 7.24. The van der Waals surface area contributed by atoms with Gasteiger partial charge in [-0.3, -0.25) is 4.79 Å². The molecular weight excluding hydrogens is 292 g/mol. The van der Waals surface area contributed by atoms with Crippen LogP contribution in [-0.4, -0.2) is 54.8 Å². The highest BCUT2D eigenvalue weighted by molar-refractivity contribution is 6.30. The lowest BCUT2D eigenvalue weighted by molar-refractivity contribution is -0.136. The van der Waals surface area contributed by atoms with Gasteiger partial charge in [0.05, 0.1) is 18.2 Å². The number of carbonyl (C=O) groups is 1. The maximum atomic E-state index is 12.7. The molecule has 2 aliphatic heterocycles. The van der Waals surface area contributed by atoms with Gasteiger partial charge >= 0.3 is 0 Å². The number of hydrogen-bond acceptors (Lipinski definition) is 4. The summed E-state index contributed by atoms with van der Waals surface area (Å²) in [7, 11) is 0. The van der Waals surface area contributed by atoms with E-state index in [1.54, 1.807) is 6.08 Å². The average Bonchev–Trinajstić information content (AvgIpc) is 2.99. The first-order valence-corrected chi connectivity index (χ1v) is 7.62. The number of nitrogens with one attached hydrogen (secondary N) is 1. The normalized spacial score (nSPS) is 30.1. The number of aliphatic hydroxyl groups excluding tert-OH is 1. The van der Waals surface area contributed by atoms with Crippen molar-refractivity contribution >= 4 is 17.5 Å². The van der Waals surface area contributed by atoms with E-state index in [4.69, 9.17) is 16.3 Å². The van der Waals surface area contributed by atoms with Crippen molar-refractivity contribution in [3.63, 3.8) is 0 Å². The number of rotatable bonds is 1. The van der Waals surface area contributed by atoms with Gasteiger partial charge in [-0.25, -0.2) is 0 Å². The maximum Gasteiger partial charge on any atom is 0.244 e. The molecule has 0 spiro atoms. The third-order valence-electron chi connectivity index (χ3n) is 4.14. The molecule has 21 heavy (non-hydrogen) atoms. The van der Waals surface area contributed by atoms with Crippen LogP contribution in [0.5, 0.6) is 0 Å². The van der Waals surface area contributed by atoms with Crippen LogP contribution in [-0.2, 0) is 9.53 Å². The lowest BCUT2D eigenvalue weighted by atomic mass is 9.94. The summed E-state index contributed by atoms with van der Waals surface area (Å²) in [6.45, 7) is 3.30. The molecule has 5 nitrogen and oxygen atoms in total. The van der Waals surface area contributed by atoms with Crippen LogP contribution < -0.4 is 5.32 Å². The second-order valence-electron chi connectivity index (χ2n) is 5.43. The highest BCUT2D eigenvalue weighted by Gasteiger charge is 2.33. The van der Waals surface area contributed by atoms with Crippen molar-refractivity contribution < 1.29 is 14.6 Å². The fourth-order valence-electron chi connectivity index (χ4n) is 2.97. The molecule has 1 aliphatic carbocycles. The first kappa shape index (κ1) is 14.6. The number of hydrogen-bond donors (Lipinski definition) is 2. The van der Waals surface area contributed by atoms with E-state index < -0.39 is 0 Å². The molecule has 0 aromatic carbocycles. The summed E-state index contributed by atoms with van der Waals surface area (Å²) in [4.78, 5) is 14.5. The summed E-state index contributed by atoms with van der Waals surface area (Å²) in [5.74, 6) is 0.227. The third kappa shape index (κ3) is 3.00. The van der Waals surface area contributed by atoms with Crippen LogP contribution in [0.15, 0.2) is 34.1 Å². The van der Waals surface area contributed by atoms with E-state index >= 15 is 0 Å². The van der Waals surface area contributed by atoms with E-state index in [9.17, 15) is 9.90 Å². The van der Waals surface area contributed by atoms with Gasteiger partial charge in [-0.05, 0) is 30.2 Å². The lowest BCUT2D eigenvalue weighted by Crippen LogP contribution is -2.49. The van der Waals surface area contributed by atoms with Crippen LogP contribution in [0.2, 0.25) is 0 Å². The number of morpholine rings is 1. The van der Waals surface area contributed by atoms with Crippen LogP contribution in [0.4, 0.5) is 0 Å². The Labute approximate surface area is 128 Å². The topological polar surface area (TPSA) is 61.8 Å². The summed E-state index contributed by atoms with van der Waals surface area (Å²) >= 11 is 6.03. The van der Waals surface area contributed by atoms with E-state index in [-0.39, 0.29) is 17.7 Å². The first-order chi connectivity index (χ1) is 10.2. The monoisotopic (exact) mass is 310 g/mol. The predicted octanol–water partition coefficient (Wildman–Crippen LogP) is 1.47. The highest BCUT2D eigenvalue weighted by Crippen LogP contribution is 2.31. The summed E-state index contributed by atoms with van der Waals surface area (Å²) in [5.41, 5.74) is 2.13. The highest BCUT2D eigenvalue weighted by atomic mass is 35.5. The molecule has 1 atom stereocenters. The van der Waals surface area contributed by atoms with E-state index in [0.29, 0.717) is 37.8 Å². The number of amides is 1. The molecule has 2 fully saturated rings. The van der Waals surface area contributed by atoms with E-state index in [0.717, 1.165) is 24.1 Å². The van der Waals surface area contributed by atoms with Crippen LogP contribution in [0.3, 0.4) is 0 Å². The van der Waals surface area contributed by atoms with Crippen molar-refractivity contribution in [2.24, 2.45) is 0 Å². The van der Waals surface area contributed by atoms with Gasteiger partial charge in [0.2, 0.25) is 5.91 Å². The Morgan fingerprint density at radius 2 is 2.14 bits per heavy atom. The molecule has 6 heteroatoms. The van der Waals surface area contributed by atoms with Crippen LogP contribution in [0.1, 0.15) is 12.8 Å². The summed E-state index contributed by atoms with van der Waals surface area (Å²) < 4.78 is 5.29. The summed E-state index contributed by atoms with van der Waals surface area (Å²) in [5, 5.41) is 13.3. The summed E-state index contributed by atoms with van der Waals surface area (Å²) in [6.07, 6.45) is 4.80. The fourth-order valence-corrected chi connectivity index (χ4v) is 3.18. The average molecular weight is 311 g/mol. The Morgan fingerprint density at radius 3 is 2.86 bits per heavy atom. The standard InChI is InChI=1S/C15H19ClN2O3/c16-12-9-10(1-2-13(12)19)11-3-4-17-14(11)15(20)18-5-7-21-8-6-18/h1-2,14,17,19H,3-9H2/b11-10+/t14-/m1/s1. The van der Waals surface area contributed by atoms with Gasteiger partial charge in [-0.15, -0.1) is 0 Å². The Hall–Kier alpha value is -1.30. The van der Waals surface area contributed by atoms with Crippen molar-refractivity contribution in [2.75, 3.05) is 32.8 Å². The minimum atomic E-state index is -0.271. The quantitative estimate of drug-likeness (QED) is 0.770. The number of ether oxygens (including phenoxy) is 1. The van der Waals surface area contributed by atoms with Gasteiger partial charge in [-0.2, -0.15) is 0 Å². The Kier molecular flexibility index (Phi) is 4.33. The SMILES string of the molecule is O=C([C@@H]1NCC/C1=C1/C=CC(O)=C(Cl)C1)N1CCOCC1. The molecule has 1 amide bonds. The number of carbonyl (C=O) groups excluding carboxylic acids is 1. The molecule has 0 unspecified atom stereocenters. The minimum absolute atomic E-state index is 0.113. The third-order valence-corrected chi connectivity index (χ3v) is 4.47. The lowest BCUT2D eigenvalue weighted by Gasteiger charge is -2.30. The van der Waals surface area contributed by atoms with Crippen molar-refractivity contribution in [3.05, 3.63) is 34.1 Å². The van der Waals surface area contributed by atoms with Gasteiger partial charge in [0.25, 0.3) is 0 Å². The Bertz CT molecular complexity index is 533. The maximum absolute atomic E-state index is 12.7. The van der Waals surface area contributed by atoms with Gasteiger partial charge in [0.15, 0.2) is 0 Å². The van der Waals surface area contributed by atoms with Gasteiger partial charge in [0.1, 0.15) is 11.8 Å². The molecule has 3 rings (SSSR count). The zero-order valence-corrected chi connectivity index (χ0v) is 12.5. The molecule has 0 saturated carbocycles. The zero-order valence-electron chi connectivity index (χ0n) is 11.8. The van der Waals surface area contributed by atoms with Gasteiger partial charge in [-0.1, -0.05) is 17.7 Å². The number of halogens is 1. The minimum Gasteiger partial charge on any atom is -0.507 e. The number of aliphatic hydroxyl groups is 1. The summed E-state index contributed by atoms with van der Waals surface area (Å²) in [6, 6.07) is -0.271. The van der Waals surface area contributed by atoms with Crippen LogP contribution in [0, 0.1) is 0 Å². The van der Waals surface area contributed by atoms with E-state index in [1.807, 2.05) is 11.0 Å². The number of allylic oxidation sites excluding steroid dienone is 4. The Morgan fingerprint density at radius 1 is 1.38 bits per heavy atom. The van der Waals surface area contributed by atoms with Crippen molar-refractivity contribution in [2.45, 2.75) is 18.9 Å². The molecule has 0 aromatic heterocycles. The van der Waals surface area contributed by atoms with Crippen LogP contribution in [0.25, 0.3) is 0 Å². The molecule has 0 bridgehead atoms. The molecule has 2 N–H and O–H groups in total. The fraction of sp³-hybridized carbons (Fsp3) is 0.533. The molecule has 2 saturated heterocycles. The molecule has 114 valence electrons. The molecule has 0 aromatic rings. The molecular formula is C15H19ClN2O3. The van der Waals surface area contributed by atoms with Crippen molar-refractivity contribution in [1.82, 2.24) is 10.2 Å². The smallest absolute Gasteiger partial charge is 0.244 e. The van der Waals surface area contributed by atoms with Gasteiger partial charge in [0, 0.05) is 19.5 Å². The number of nitrogens with zero attached hydrogens (tertiary/aromatic N) is 1. The van der Waals surface area contributed by atoms with E-state index in [2.05, 4.69) is 5.32 Å². The molecule has 3 aliphatic rings. The molecule has 0 radical (unpaired) electrons. The largest absolute Gasteiger partial charge is 0.507 e. The van der Waals surface area contributed by atoms with Crippen LogP contribution >= 0.6 is 11.6 Å². The van der Waals surface area contributed by atoms with E-state index in [1.165, 1.54) is 0 Å². The zero-order chi connectivity index (χ0) is 14.8. The molecule has 2 heterocycles.